The van der Waals surface area contributed by atoms with Crippen molar-refractivity contribution in [1.29, 1.82) is 0 Å². The molecule has 0 radical (unpaired) electrons. The van der Waals surface area contributed by atoms with Crippen LogP contribution in [-0.2, 0) is 24.8 Å². The van der Waals surface area contributed by atoms with Gasteiger partial charge in [0.25, 0.3) is 0 Å². The van der Waals surface area contributed by atoms with Crippen molar-refractivity contribution in [1.82, 2.24) is 24.6 Å². The second-order valence-corrected chi connectivity index (χ2v) is 9.40. The van der Waals surface area contributed by atoms with Crippen molar-refractivity contribution in [2.75, 3.05) is 24.5 Å². The van der Waals surface area contributed by atoms with E-state index in [0.717, 1.165) is 68.5 Å². The van der Waals surface area contributed by atoms with Crippen LogP contribution in [0.2, 0.25) is 0 Å². The molecule has 160 valence electrons. The van der Waals surface area contributed by atoms with Gasteiger partial charge < -0.3 is 0 Å². The van der Waals surface area contributed by atoms with Gasteiger partial charge in [0, 0.05) is 62.0 Å². The lowest BCUT2D eigenvalue weighted by molar-refractivity contribution is -0.119. The number of piperidine rings is 1. The van der Waals surface area contributed by atoms with Crippen molar-refractivity contribution in [3.05, 3.63) is 34.5 Å². The standard InChI is InChI=1S/C23H32N6O/c1-15-19(12-27(3)26-15)14-28-10-4-5-18(13-28)22-24-16(2)20-8-9-21(30)29(23(20)25-22)11-17-6-7-17/h12,17-18H,4-11,13-14H2,1-3H3/t18-/m0/s1. The third-order valence-corrected chi connectivity index (χ3v) is 6.87. The fourth-order valence-corrected chi connectivity index (χ4v) is 4.99. The number of carbonyl (C=O) groups excluding carboxylic acids is 1. The van der Waals surface area contributed by atoms with Crippen LogP contribution in [0.15, 0.2) is 6.20 Å². The van der Waals surface area contributed by atoms with Crippen LogP contribution in [0.5, 0.6) is 0 Å². The molecule has 0 unspecified atom stereocenters. The fourth-order valence-electron chi connectivity index (χ4n) is 4.99. The van der Waals surface area contributed by atoms with Gasteiger partial charge in [-0.1, -0.05) is 0 Å². The Kier molecular flexibility index (Phi) is 5.09. The van der Waals surface area contributed by atoms with Crippen LogP contribution in [0.25, 0.3) is 0 Å². The van der Waals surface area contributed by atoms with Crippen LogP contribution >= 0.6 is 0 Å². The summed E-state index contributed by atoms with van der Waals surface area (Å²) in [6.07, 6.45) is 8.22. The quantitative estimate of drug-likeness (QED) is 0.761. The van der Waals surface area contributed by atoms with Crippen molar-refractivity contribution in [3.8, 4) is 0 Å². The summed E-state index contributed by atoms with van der Waals surface area (Å²) in [5.74, 6) is 3.04. The number of likely N-dealkylation sites (tertiary alicyclic amines) is 1. The first-order valence-corrected chi connectivity index (χ1v) is 11.4. The number of amides is 1. The summed E-state index contributed by atoms with van der Waals surface area (Å²) in [7, 11) is 1.98. The highest BCUT2D eigenvalue weighted by Crippen LogP contribution is 2.36. The van der Waals surface area contributed by atoms with Crippen molar-refractivity contribution < 1.29 is 4.79 Å². The molecule has 0 aromatic carbocycles. The molecule has 5 rings (SSSR count). The molecule has 1 amide bonds. The number of aromatic nitrogens is 4. The maximum atomic E-state index is 12.7. The molecular formula is C23H32N6O. The Bertz CT molecular complexity index is 963. The predicted molar refractivity (Wildman–Crippen MR) is 115 cm³/mol. The number of fused-ring (bicyclic) bond motifs is 1. The van der Waals surface area contributed by atoms with Gasteiger partial charge in [0.15, 0.2) is 0 Å². The molecule has 1 aliphatic carbocycles. The van der Waals surface area contributed by atoms with Crippen LogP contribution in [-0.4, -0.2) is 50.2 Å². The lowest BCUT2D eigenvalue weighted by atomic mass is 9.95. The number of anilines is 1. The highest BCUT2D eigenvalue weighted by molar-refractivity contribution is 5.95. The van der Waals surface area contributed by atoms with Crippen molar-refractivity contribution >= 4 is 11.7 Å². The second kappa shape index (κ2) is 7.76. The molecule has 3 aliphatic rings. The van der Waals surface area contributed by atoms with Crippen molar-refractivity contribution in [3.63, 3.8) is 0 Å². The zero-order chi connectivity index (χ0) is 20.8. The van der Waals surface area contributed by atoms with E-state index in [1.54, 1.807) is 0 Å². The fraction of sp³-hybridized carbons (Fsp3) is 0.652. The van der Waals surface area contributed by atoms with Gasteiger partial charge in [0.1, 0.15) is 11.6 Å². The van der Waals surface area contributed by atoms with Gasteiger partial charge in [-0.05, 0) is 58.4 Å². The third-order valence-electron chi connectivity index (χ3n) is 6.87. The molecule has 2 aromatic heterocycles. The van der Waals surface area contributed by atoms with E-state index in [0.29, 0.717) is 18.3 Å². The molecule has 2 fully saturated rings. The summed E-state index contributed by atoms with van der Waals surface area (Å²) in [5.41, 5.74) is 4.64. The Morgan fingerprint density at radius 1 is 1.10 bits per heavy atom. The lowest BCUT2D eigenvalue weighted by Gasteiger charge is -2.34. The zero-order valence-corrected chi connectivity index (χ0v) is 18.4. The average Bonchev–Trinajstić information content (AvgIpc) is 3.48. The van der Waals surface area contributed by atoms with E-state index in [4.69, 9.17) is 9.97 Å². The van der Waals surface area contributed by atoms with Gasteiger partial charge in [-0.15, -0.1) is 0 Å². The molecule has 2 aliphatic heterocycles. The summed E-state index contributed by atoms with van der Waals surface area (Å²) in [4.78, 5) is 27.1. The molecule has 7 nitrogen and oxygen atoms in total. The summed E-state index contributed by atoms with van der Waals surface area (Å²) in [6, 6.07) is 0. The summed E-state index contributed by atoms with van der Waals surface area (Å²) >= 11 is 0. The van der Waals surface area contributed by atoms with Crippen molar-refractivity contribution in [2.45, 2.75) is 64.8 Å². The van der Waals surface area contributed by atoms with Crippen LogP contribution in [0.3, 0.4) is 0 Å². The highest BCUT2D eigenvalue weighted by atomic mass is 16.2. The number of aryl methyl sites for hydroxylation is 3. The molecular weight excluding hydrogens is 376 g/mol. The average molecular weight is 409 g/mol. The molecule has 1 saturated carbocycles. The minimum atomic E-state index is 0.232. The normalized spacial score (nSPS) is 22.4. The SMILES string of the molecule is Cc1nn(C)cc1CN1CCC[C@H](c2nc(C)c3c(n2)N(CC2CC2)C(=O)CC3)C1. The Morgan fingerprint density at radius 3 is 2.67 bits per heavy atom. The first-order chi connectivity index (χ1) is 14.5. The van der Waals surface area contributed by atoms with Gasteiger partial charge in [-0.2, -0.15) is 5.10 Å². The van der Waals surface area contributed by atoms with Crippen LogP contribution < -0.4 is 4.90 Å². The van der Waals surface area contributed by atoms with Gasteiger partial charge in [0.2, 0.25) is 5.91 Å². The summed E-state index contributed by atoms with van der Waals surface area (Å²) < 4.78 is 1.90. The monoisotopic (exact) mass is 408 g/mol. The Morgan fingerprint density at radius 2 is 1.93 bits per heavy atom. The maximum absolute atomic E-state index is 12.7. The van der Waals surface area contributed by atoms with Gasteiger partial charge in [-0.25, -0.2) is 9.97 Å². The topological polar surface area (TPSA) is 67.2 Å². The minimum absolute atomic E-state index is 0.232. The molecule has 0 spiro atoms. The van der Waals surface area contributed by atoms with Crippen LogP contribution in [0.4, 0.5) is 5.82 Å². The number of rotatable bonds is 5. The van der Waals surface area contributed by atoms with Crippen LogP contribution in [0.1, 0.15) is 66.4 Å². The molecule has 0 bridgehead atoms. The Balaban J connectivity index is 1.38. The third kappa shape index (κ3) is 3.87. The van der Waals surface area contributed by atoms with E-state index < -0.39 is 0 Å². The summed E-state index contributed by atoms with van der Waals surface area (Å²) in [5, 5.41) is 4.49. The second-order valence-electron chi connectivity index (χ2n) is 9.40. The molecule has 2 aromatic rings. The molecule has 1 atom stereocenters. The first-order valence-electron chi connectivity index (χ1n) is 11.4. The molecule has 30 heavy (non-hydrogen) atoms. The molecule has 0 N–H and O–H groups in total. The first kappa shape index (κ1) is 19.7. The van der Waals surface area contributed by atoms with Crippen LogP contribution in [0, 0.1) is 19.8 Å². The molecule has 1 saturated heterocycles. The molecule has 7 heteroatoms. The van der Waals surface area contributed by atoms with E-state index in [9.17, 15) is 4.79 Å². The van der Waals surface area contributed by atoms with E-state index in [2.05, 4.69) is 30.0 Å². The summed E-state index contributed by atoms with van der Waals surface area (Å²) in [6.45, 7) is 7.99. The van der Waals surface area contributed by atoms with E-state index in [-0.39, 0.29) is 5.91 Å². The number of hydrogen-bond acceptors (Lipinski definition) is 5. The predicted octanol–water partition coefficient (Wildman–Crippen LogP) is 2.90. The zero-order valence-electron chi connectivity index (χ0n) is 18.4. The van der Waals surface area contributed by atoms with Crippen molar-refractivity contribution in [2.24, 2.45) is 13.0 Å². The maximum Gasteiger partial charge on any atom is 0.228 e. The number of nitrogens with zero attached hydrogens (tertiary/aromatic N) is 6. The largest absolute Gasteiger partial charge is 0.298 e. The highest BCUT2D eigenvalue weighted by Gasteiger charge is 2.34. The Labute approximate surface area is 178 Å². The van der Waals surface area contributed by atoms with Gasteiger partial charge in [-0.3, -0.25) is 19.3 Å². The Hall–Kier alpha value is -2.28. The smallest absolute Gasteiger partial charge is 0.228 e. The lowest BCUT2D eigenvalue weighted by Crippen LogP contribution is -2.39. The number of hydrogen-bond donors (Lipinski definition) is 0. The number of carbonyl (C=O) groups is 1. The minimum Gasteiger partial charge on any atom is -0.298 e. The molecule has 4 heterocycles. The van der Waals surface area contributed by atoms with Gasteiger partial charge in [0.05, 0.1) is 5.69 Å². The van der Waals surface area contributed by atoms with E-state index in [1.165, 1.54) is 24.0 Å². The van der Waals surface area contributed by atoms with E-state index >= 15 is 0 Å². The van der Waals surface area contributed by atoms with Gasteiger partial charge >= 0.3 is 0 Å². The van der Waals surface area contributed by atoms with E-state index in [1.807, 2.05) is 16.6 Å².